The predicted molar refractivity (Wildman–Crippen MR) is 149 cm³/mol. The lowest BCUT2D eigenvalue weighted by molar-refractivity contribution is -0.126. The first-order valence-electron chi connectivity index (χ1n) is 12.7. The van der Waals surface area contributed by atoms with E-state index in [1.807, 2.05) is 18.2 Å². The summed E-state index contributed by atoms with van der Waals surface area (Å²) in [5, 5.41) is 6.89. The Hall–Kier alpha value is -2.58. The predicted octanol–water partition coefficient (Wildman–Crippen LogP) is 5.43. The van der Waals surface area contributed by atoms with Crippen molar-refractivity contribution >= 4 is 46.9 Å². The zero-order valence-corrected chi connectivity index (χ0v) is 22.6. The maximum atomic E-state index is 12.5. The summed E-state index contributed by atoms with van der Waals surface area (Å²) in [6, 6.07) is 13.6. The van der Waals surface area contributed by atoms with Crippen LogP contribution in [0.15, 0.2) is 48.5 Å². The summed E-state index contributed by atoms with van der Waals surface area (Å²) in [5.74, 6) is -0.0588. The van der Waals surface area contributed by atoms with Gasteiger partial charge in [-0.15, -0.1) is 0 Å². The van der Waals surface area contributed by atoms with Crippen LogP contribution < -0.4 is 10.6 Å². The normalized spacial score (nSPS) is 17.4. The Morgan fingerprint density at radius 2 is 1.73 bits per heavy atom. The number of likely N-dealkylation sites (tertiary alicyclic amines) is 1. The minimum atomic E-state index is -0.226. The molecule has 2 N–H and O–H groups in total. The second-order valence-corrected chi connectivity index (χ2v) is 10.5. The SMILES string of the molecule is CN(Cc1ccc(NC(=O)NC2CCN(C(=O)/C=C/c3ccc(Cl)c(Cl)c3)CC2)cc1)C1CCOCC1. The molecule has 7 nitrogen and oxygen atoms in total. The summed E-state index contributed by atoms with van der Waals surface area (Å²) < 4.78 is 5.45. The van der Waals surface area contributed by atoms with Crippen molar-refractivity contribution < 1.29 is 14.3 Å². The van der Waals surface area contributed by atoms with Gasteiger partial charge in [0.25, 0.3) is 0 Å². The first kappa shape index (κ1) is 27.5. The van der Waals surface area contributed by atoms with Crippen LogP contribution in [0.25, 0.3) is 6.08 Å². The molecule has 37 heavy (non-hydrogen) atoms. The number of hydrogen-bond donors (Lipinski definition) is 2. The van der Waals surface area contributed by atoms with Crippen LogP contribution in [-0.4, -0.2) is 67.2 Å². The van der Waals surface area contributed by atoms with Crippen LogP contribution >= 0.6 is 23.2 Å². The summed E-state index contributed by atoms with van der Waals surface area (Å²) in [7, 11) is 2.15. The summed E-state index contributed by atoms with van der Waals surface area (Å²) in [4.78, 5) is 29.2. The molecule has 2 saturated heterocycles. The molecule has 2 fully saturated rings. The number of urea groups is 1. The second-order valence-electron chi connectivity index (χ2n) is 9.66. The van der Waals surface area contributed by atoms with Crippen molar-refractivity contribution in [3.05, 3.63) is 69.7 Å². The van der Waals surface area contributed by atoms with Gasteiger partial charge in [-0.05, 0) is 74.2 Å². The topological polar surface area (TPSA) is 73.9 Å². The van der Waals surface area contributed by atoms with Gasteiger partial charge in [0.15, 0.2) is 0 Å². The first-order valence-corrected chi connectivity index (χ1v) is 13.5. The minimum absolute atomic E-state index is 0.0236. The Labute approximate surface area is 228 Å². The van der Waals surface area contributed by atoms with Crippen molar-refractivity contribution in [1.29, 1.82) is 0 Å². The largest absolute Gasteiger partial charge is 0.381 e. The highest BCUT2D eigenvalue weighted by Crippen LogP contribution is 2.23. The van der Waals surface area contributed by atoms with Gasteiger partial charge in [-0.25, -0.2) is 4.79 Å². The van der Waals surface area contributed by atoms with Crippen LogP contribution in [0.4, 0.5) is 10.5 Å². The number of nitrogens with zero attached hydrogens (tertiary/aromatic N) is 2. The Bertz CT molecular complexity index is 1100. The van der Waals surface area contributed by atoms with Crippen LogP contribution in [0.3, 0.4) is 0 Å². The Kier molecular flexibility index (Phi) is 9.86. The van der Waals surface area contributed by atoms with E-state index in [9.17, 15) is 9.59 Å². The average Bonchev–Trinajstić information content (AvgIpc) is 2.91. The summed E-state index contributed by atoms with van der Waals surface area (Å²) in [5.41, 5.74) is 2.79. The zero-order chi connectivity index (χ0) is 26.2. The molecule has 0 atom stereocenters. The highest BCUT2D eigenvalue weighted by molar-refractivity contribution is 6.42. The van der Waals surface area contributed by atoms with Crippen LogP contribution in [-0.2, 0) is 16.1 Å². The molecule has 2 aromatic carbocycles. The molecule has 0 unspecified atom stereocenters. The molecule has 0 aromatic heterocycles. The molecule has 2 aromatic rings. The third-order valence-corrected chi connectivity index (χ3v) is 7.70. The molecule has 2 aliphatic heterocycles. The molecule has 0 spiro atoms. The quantitative estimate of drug-likeness (QED) is 0.455. The monoisotopic (exact) mass is 544 g/mol. The van der Waals surface area contributed by atoms with Gasteiger partial charge in [0.1, 0.15) is 0 Å². The van der Waals surface area contributed by atoms with E-state index in [4.69, 9.17) is 27.9 Å². The standard InChI is InChI=1S/C28H34Cl2N4O3/c1-33(24-12-16-37-17-13-24)19-21-2-6-22(7-3-21)31-28(36)32-23-10-14-34(15-11-23)27(35)9-5-20-4-8-25(29)26(30)18-20/h2-9,18,23-24H,10-17,19H2,1H3,(H2,31,32,36)/b9-5+. The molecule has 0 radical (unpaired) electrons. The number of benzene rings is 2. The van der Waals surface area contributed by atoms with Gasteiger partial charge in [0.05, 0.1) is 10.0 Å². The third kappa shape index (κ3) is 8.20. The van der Waals surface area contributed by atoms with E-state index in [1.165, 1.54) is 5.56 Å². The van der Waals surface area contributed by atoms with Crippen molar-refractivity contribution in [2.45, 2.75) is 44.3 Å². The van der Waals surface area contributed by atoms with Gasteiger partial charge in [-0.2, -0.15) is 0 Å². The van der Waals surface area contributed by atoms with Gasteiger partial charge in [0, 0.05) is 56.7 Å². The average molecular weight is 546 g/mol. The van der Waals surface area contributed by atoms with Crippen molar-refractivity contribution in [2.75, 3.05) is 38.7 Å². The maximum Gasteiger partial charge on any atom is 0.319 e. The van der Waals surface area contributed by atoms with E-state index >= 15 is 0 Å². The molecule has 0 saturated carbocycles. The number of carbonyl (C=O) groups is 2. The van der Waals surface area contributed by atoms with Crippen LogP contribution in [0, 0.1) is 0 Å². The fourth-order valence-electron chi connectivity index (χ4n) is 4.72. The lowest BCUT2D eigenvalue weighted by Gasteiger charge is -2.31. The van der Waals surface area contributed by atoms with Gasteiger partial charge in [0.2, 0.25) is 5.91 Å². The van der Waals surface area contributed by atoms with E-state index in [-0.39, 0.29) is 18.0 Å². The van der Waals surface area contributed by atoms with Gasteiger partial charge < -0.3 is 20.3 Å². The number of ether oxygens (including phenoxy) is 1. The molecule has 0 aliphatic carbocycles. The van der Waals surface area contributed by atoms with Crippen LogP contribution in [0.1, 0.15) is 36.8 Å². The summed E-state index contributed by atoms with van der Waals surface area (Å²) in [6.45, 7) is 3.71. The Morgan fingerprint density at radius 3 is 2.41 bits per heavy atom. The minimum Gasteiger partial charge on any atom is -0.381 e. The second kappa shape index (κ2) is 13.3. The number of piperidine rings is 1. The van der Waals surface area contributed by atoms with Gasteiger partial charge in [-0.1, -0.05) is 41.4 Å². The number of amides is 3. The number of hydrogen-bond acceptors (Lipinski definition) is 4. The molecule has 0 bridgehead atoms. The molecule has 3 amide bonds. The lowest BCUT2D eigenvalue weighted by atomic mass is 10.0. The highest BCUT2D eigenvalue weighted by Gasteiger charge is 2.23. The first-order chi connectivity index (χ1) is 17.9. The van der Waals surface area contributed by atoms with E-state index in [0.717, 1.165) is 43.9 Å². The van der Waals surface area contributed by atoms with Crippen molar-refractivity contribution in [3.8, 4) is 0 Å². The third-order valence-electron chi connectivity index (χ3n) is 6.96. The van der Waals surface area contributed by atoms with Gasteiger partial charge >= 0.3 is 6.03 Å². The highest BCUT2D eigenvalue weighted by atomic mass is 35.5. The van der Waals surface area contributed by atoms with E-state index < -0.39 is 0 Å². The molecule has 2 aliphatic rings. The van der Waals surface area contributed by atoms with Crippen molar-refractivity contribution in [1.82, 2.24) is 15.1 Å². The molecule has 9 heteroatoms. The number of nitrogens with one attached hydrogen (secondary N) is 2. The lowest BCUT2D eigenvalue weighted by Crippen LogP contribution is -2.47. The summed E-state index contributed by atoms with van der Waals surface area (Å²) in [6.07, 6.45) is 6.83. The molecular formula is C28H34Cl2N4O3. The van der Waals surface area contributed by atoms with E-state index in [1.54, 1.807) is 29.2 Å². The van der Waals surface area contributed by atoms with E-state index in [2.05, 4.69) is 34.7 Å². The Balaban J connectivity index is 1.18. The van der Waals surface area contributed by atoms with E-state index in [0.29, 0.717) is 42.0 Å². The summed E-state index contributed by atoms with van der Waals surface area (Å²) >= 11 is 12.0. The van der Waals surface area contributed by atoms with Gasteiger partial charge in [-0.3, -0.25) is 9.69 Å². The maximum absolute atomic E-state index is 12.5. The smallest absolute Gasteiger partial charge is 0.319 e. The molecular weight excluding hydrogens is 511 g/mol. The molecule has 4 rings (SSSR count). The van der Waals surface area contributed by atoms with Crippen molar-refractivity contribution in [2.24, 2.45) is 0 Å². The van der Waals surface area contributed by atoms with Crippen LogP contribution in [0.5, 0.6) is 0 Å². The fraction of sp³-hybridized carbons (Fsp3) is 0.429. The van der Waals surface area contributed by atoms with Crippen molar-refractivity contribution in [3.63, 3.8) is 0 Å². The Morgan fingerprint density at radius 1 is 1.03 bits per heavy atom. The number of carbonyl (C=O) groups excluding carboxylic acids is 2. The number of rotatable bonds is 7. The molecule has 2 heterocycles. The molecule has 198 valence electrons. The zero-order valence-electron chi connectivity index (χ0n) is 21.1. The number of anilines is 1. The van der Waals surface area contributed by atoms with Crippen LogP contribution in [0.2, 0.25) is 10.0 Å². The fourth-order valence-corrected chi connectivity index (χ4v) is 5.03. The number of halogens is 2.